The zero-order chi connectivity index (χ0) is 18.2. The van der Waals surface area contributed by atoms with Crippen molar-refractivity contribution in [1.29, 1.82) is 0 Å². The molecular weight excluding hydrogens is 328 g/mol. The number of unbranched alkanes of at least 4 members (excludes halogenated alkanes) is 1. The highest BCUT2D eigenvalue weighted by Crippen LogP contribution is 2.19. The highest BCUT2D eigenvalue weighted by Gasteiger charge is 2.18. The van der Waals surface area contributed by atoms with Crippen LogP contribution in [0.5, 0.6) is 0 Å². The van der Waals surface area contributed by atoms with Crippen LogP contribution in [0, 0.1) is 0 Å². The van der Waals surface area contributed by atoms with Gasteiger partial charge in [-0.15, -0.1) is 0 Å². The van der Waals surface area contributed by atoms with Crippen LogP contribution in [0.1, 0.15) is 41.9 Å². The number of carbonyl (C=O) groups excluding carboxylic acids is 1. The lowest BCUT2D eigenvalue weighted by atomic mass is 10.0. The average molecular weight is 350 g/mol. The van der Waals surface area contributed by atoms with Gasteiger partial charge >= 0.3 is 0 Å². The van der Waals surface area contributed by atoms with Crippen LogP contribution in [0.25, 0.3) is 11.5 Å². The molecular formula is C21H22N2O3. The van der Waals surface area contributed by atoms with Gasteiger partial charge in [-0.2, -0.15) is 0 Å². The molecule has 1 N–H and O–H groups in total. The number of aliphatic hydroxyl groups excluding tert-OH is 1. The first-order valence-corrected chi connectivity index (χ1v) is 8.85. The minimum atomic E-state index is -0.677. The van der Waals surface area contributed by atoms with Crippen molar-refractivity contribution >= 4 is 5.78 Å². The van der Waals surface area contributed by atoms with Crippen molar-refractivity contribution in [3.63, 3.8) is 0 Å². The molecule has 0 bridgehead atoms. The monoisotopic (exact) mass is 350 g/mol. The minimum Gasteiger partial charge on any atom is -0.432 e. The number of hydrogen-bond acceptors (Lipinski definition) is 5. The third-order valence-corrected chi connectivity index (χ3v) is 4.18. The number of hydrogen-bond donors (Lipinski definition) is 1. The second-order valence-electron chi connectivity index (χ2n) is 6.26. The normalized spacial score (nSPS) is 12.0. The molecule has 0 saturated carbocycles. The lowest BCUT2D eigenvalue weighted by Crippen LogP contribution is -2.14. The van der Waals surface area contributed by atoms with Crippen molar-refractivity contribution in [1.82, 2.24) is 9.97 Å². The van der Waals surface area contributed by atoms with Gasteiger partial charge in [-0.1, -0.05) is 42.8 Å². The van der Waals surface area contributed by atoms with E-state index in [1.807, 2.05) is 24.3 Å². The third-order valence-electron chi connectivity index (χ3n) is 4.18. The summed E-state index contributed by atoms with van der Waals surface area (Å²) in [6, 6.07) is 15.7. The van der Waals surface area contributed by atoms with Gasteiger partial charge in [0, 0.05) is 12.6 Å². The Bertz CT molecular complexity index is 816. The summed E-state index contributed by atoms with van der Waals surface area (Å²) in [6.07, 6.45) is 5.91. The van der Waals surface area contributed by atoms with Gasteiger partial charge in [0.15, 0.2) is 5.76 Å². The summed E-state index contributed by atoms with van der Waals surface area (Å²) in [5.41, 5.74) is 1.92. The summed E-state index contributed by atoms with van der Waals surface area (Å²) >= 11 is 0. The molecule has 2 aromatic heterocycles. The highest BCUT2D eigenvalue weighted by molar-refractivity contribution is 5.92. The number of ketones is 1. The zero-order valence-corrected chi connectivity index (χ0v) is 14.5. The Kier molecular flexibility index (Phi) is 6.28. The van der Waals surface area contributed by atoms with E-state index in [9.17, 15) is 9.90 Å². The van der Waals surface area contributed by atoms with E-state index in [0.717, 1.165) is 19.3 Å². The summed E-state index contributed by atoms with van der Waals surface area (Å²) < 4.78 is 5.48. The van der Waals surface area contributed by atoms with Crippen LogP contribution in [-0.2, 0) is 6.42 Å². The lowest BCUT2D eigenvalue weighted by molar-refractivity contribution is 0.0831. The van der Waals surface area contributed by atoms with Crippen LogP contribution in [0.15, 0.2) is 65.3 Å². The maximum atomic E-state index is 12.2. The van der Waals surface area contributed by atoms with Crippen LogP contribution in [0.3, 0.4) is 0 Å². The molecule has 1 atom stereocenters. The number of benzene rings is 1. The molecule has 1 unspecified atom stereocenters. The maximum absolute atomic E-state index is 12.2. The van der Waals surface area contributed by atoms with Gasteiger partial charge in [0.05, 0.1) is 12.3 Å². The summed E-state index contributed by atoms with van der Waals surface area (Å²) in [5, 5.41) is 10.1. The molecule has 3 rings (SSSR count). The fourth-order valence-corrected chi connectivity index (χ4v) is 2.79. The van der Waals surface area contributed by atoms with Crippen LogP contribution in [0.4, 0.5) is 0 Å². The zero-order valence-electron chi connectivity index (χ0n) is 14.5. The van der Waals surface area contributed by atoms with Gasteiger partial charge in [-0.3, -0.25) is 9.78 Å². The molecule has 2 heterocycles. The lowest BCUT2D eigenvalue weighted by Gasteiger charge is -2.08. The van der Waals surface area contributed by atoms with E-state index in [-0.39, 0.29) is 18.1 Å². The summed E-state index contributed by atoms with van der Waals surface area (Å²) in [5.74, 6) is 0.183. The molecule has 0 aliphatic carbocycles. The van der Waals surface area contributed by atoms with E-state index in [0.29, 0.717) is 17.9 Å². The predicted octanol–water partition coefficient (Wildman–Crippen LogP) is 4.08. The molecule has 5 heteroatoms. The third kappa shape index (κ3) is 5.10. The van der Waals surface area contributed by atoms with Crippen LogP contribution in [0.2, 0.25) is 0 Å². The number of rotatable bonds is 9. The van der Waals surface area contributed by atoms with Gasteiger partial charge in [-0.05, 0) is 37.0 Å². The standard InChI is InChI=1S/C21H22N2O3/c24-17(11-5-4-10-16-8-2-1-3-9-16)14-19(25)21-23-15-20(26-21)18-12-6-7-13-22-18/h1-3,6-9,12-13,15,17,24H,4-5,10-11,14H2. The number of oxazole rings is 1. The number of aromatic nitrogens is 2. The van der Waals surface area contributed by atoms with Crippen molar-refractivity contribution in [2.24, 2.45) is 0 Å². The second-order valence-corrected chi connectivity index (χ2v) is 6.26. The van der Waals surface area contributed by atoms with Crippen LogP contribution >= 0.6 is 0 Å². The molecule has 3 aromatic rings. The Morgan fingerprint density at radius 1 is 1.04 bits per heavy atom. The van der Waals surface area contributed by atoms with Gasteiger partial charge in [-0.25, -0.2) is 4.98 Å². The summed E-state index contributed by atoms with van der Waals surface area (Å²) in [6.45, 7) is 0. The highest BCUT2D eigenvalue weighted by atomic mass is 16.4. The van der Waals surface area contributed by atoms with Crippen LogP contribution < -0.4 is 0 Å². The number of aliphatic hydroxyl groups is 1. The SMILES string of the molecule is O=C(CC(O)CCCCc1ccccc1)c1ncc(-c2ccccn2)o1. The fourth-order valence-electron chi connectivity index (χ4n) is 2.79. The van der Waals surface area contributed by atoms with Crippen molar-refractivity contribution in [3.8, 4) is 11.5 Å². The van der Waals surface area contributed by atoms with Crippen molar-refractivity contribution in [3.05, 3.63) is 72.4 Å². The van der Waals surface area contributed by atoms with Crippen molar-refractivity contribution < 1.29 is 14.3 Å². The topological polar surface area (TPSA) is 76.2 Å². The molecule has 0 aliphatic heterocycles. The van der Waals surface area contributed by atoms with Gasteiger partial charge in [0.25, 0.3) is 5.89 Å². The number of pyridine rings is 1. The second kappa shape index (κ2) is 9.06. The summed E-state index contributed by atoms with van der Waals surface area (Å²) in [7, 11) is 0. The van der Waals surface area contributed by atoms with Gasteiger partial charge < -0.3 is 9.52 Å². The molecule has 0 fully saturated rings. The Hall–Kier alpha value is -2.79. The smallest absolute Gasteiger partial charge is 0.263 e. The molecule has 134 valence electrons. The van der Waals surface area contributed by atoms with Crippen LogP contribution in [-0.4, -0.2) is 27.0 Å². The summed E-state index contributed by atoms with van der Waals surface area (Å²) in [4.78, 5) is 20.4. The Labute approximate surface area is 152 Å². The maximum Gasteiger partial charge on any atom is 0.263 e. The first-order valence-electron chi connectivity index (χ1n) is 8.85. The van der Waals surface area contributed by atoms with E-state index in [2.05, 4.69) is 22.1 Å². The Morgan fingerprint density at radius 2 is 1.85 bits per heavy atom. The van der Waals surface area contributed by atoms with E-state index in [1.165, 1.54) is 11.8 Å². The van der Waals surface area contributed by atoms with E-state index in [1.54, 1.807) is 18.3 Å². The van der Waals surface area contributed by atoms with Gasteiger partial charge in [0.2, 0.25) is 5.78 Å². The predicted molar refractivity (Wildman–Crippen MR) is 98.7 cm³/mol. The molecule has 0 radical (unpaired) electrons. The number of nitrogens with zero attached hydrogens (tertiary/aromatic N) is 2. The van der Waals surface area contributed by atoms with E-state index < -0.39 is 6.10 Å². The molecule has 1 aromatic carbocycles. The number of Topliss-reactive ketones (excluding diaryl/α,β-unsaturated/α-hetero) is 1. The fraction of sp³-hybridized carbons (Fsp3) is 0.286. The number of carbonyl (C=O) groups is 1. The minimum absolute atomic E-state index is 0.0213. The first kappa shape index (κ1) is 18.0. The van der Waals surface area contributed by atoms with E-state index in [4.69, 9.17) is 4.42 Å². The molecule has 0 spiro atoms. The number of aryl methyl sites for hydroxylation is 1. The average Bonchev–Trinajstić information content (AvgIpc) is 3.17. The quantitative estimate of drug-likeness (QED) is 0.465. The van der Waals surface area contributed by atoms with Crippen molar-refractivity contribution in [2.75, 3.05) is 0 Å². The van der Waals surface area contributed by atoms with Gasteiger partial charge in [0.1, 0.15) is 5.69 Å². The molecule has 26 heavy (non-hydrogen) atoms. The molecule has 5 nitrogen and oxygen atoms in total. The molecule has 0 amide bonds. The Morgan fingerprint density at radius 3 is 2.62 bits per heavy atom. The largest absolute Gasteiger partial charge is 0.432 e. The first-order chi connectivity index (χ1) is 12.7. The Balaban J connectivity index is 1.43. The molecule has 0 saturated heterocycles. The molecule has 0 aliphatic rings. The van der Waals surface area contributed by atoms with Crippen molar-refractivity contribution in [2.45, 2.75) is 38.2 Å². The van der Waals surface area contributed by atoms with E-state index >= 15 is 0 Å².